The average Bonchev–Trinajstić information content (AvgIpc) is 3.46. The molecule has 0 fully saturated rings. The summed E-state index contributed by atoms with van der Waals surface area (Å²) in [5.41, 5.74) is 5.27. The van der Waals surface area contributed by atoms with Crippen LogP contribution in [0.1, 0.15) is 49.8 Å². The molecule has 0 aliphatic heterocycles. The van der Waals surface area contributed by atoms with Crippen molar-refractivity contribution in [3.05, 3.63) is 95.7 Å². The van der Waals surface area contributed by atoms with Crippen LogP contribution in [0.15, 0.2) is 79.0 Å². The summed E-state index contributed by atoms with van der Waals surface area (Å²) in [6, 6.07) is 23.7. The third-order valence-corrected chi connectivity index (χ3v) is 7.17. The van der Waals surface area contributed by atoms with Gasteiger partial charge in [-0.2, -0.15) is 0 Å². The molecule has 0 N–H and O–H groups in total. The first-order valence-corrected chi connectivity index (χ1v) is 13.4. The first kappa shape index (κ1) is 27.2. The maximum Gasteiger partial charge on any atom is 0.419 e. The largest absolute Gasteiger partial charge is 0.469 e. The summed E-state index contributed by atoms with van der Waals surface area (Å²) in [6.07, 6.45) is 1.22. The molecule has 5 rings (SSSR count). The first-order chi connectivity index (χ1) is 19.2. The molecule has 1 aromatic heterocycles. The lowest BCUT2D eigenvalue weighted by atomic mass is 9.95. The number of hydrogen-bond acceptors (Lipinski definition) is 6. The van der Waals surface area contributed by atoms with E-state index in [1.807, 2.05) is 48.5 Å². The molecular weight excluding hydrogens is 506 g/mol. The lowest BCUT2D eigenvalue weighted by molar-refractivity contribution is -0.153. The van der Waals surface area contributed by atoms with E-state index in [1.54, 1.807) is 27.0 Å². The van der Waals surface area contributed by atoms with Gasteiger partial charge in [-0.15, -0.1) is 0 Å². The SMILES string of the molecule is COC(=O)C(CC(=O)OCC1c2ccccc2-c2ccccc21)Cc1cn(C(=O)OC(C)(C)C)c2ccccc12. The van der Waals surface area contributed by atoms with Crippen molar-refractivity contribution >= 4 is 28.9 Å². The predicted molar refractivity (Wildman–Crippen MR) is 152 cm³/mol. The summed E-state index contributed by atoms with van der Waals surface area (Å²) in [7, 11) is 1.30. The summed E-state index contributed by atoms with van der Waals surface area (Å²) in [5, 5.41) is 0.801. The molecular formula is C33H33NO6. The van der Waals surface area contributed by atoms with E-state index < -0.39 is 29.6 Å². The van der Waals surface area contributed by atoms with Crippen LogP contribution in [-0.4, -0.2) is 41.9 Å². The fourth-order valence-corrected chi connectivity index (χ4v) is 5.42. The zero-order valence-corrected chi connectivity index (χ0v) is 23.2. The van der Waals surface area contributed by atoms with Crippen molar-refractivity contribution in [2.75, 3.05) is 13.7 Å². The molecule has 3 aromatic carbocycles. The Balaban J connectivity index is 1.33. The van der Waals surface area contributed by atoms with Crippen molar-refractivity contribution in [3.8, 4) is 11.1 Å². The van der Waals surface area contributed by atoms with Gasteiger partial charge in [-0.1, -0.05) is 66.7 Å². The molecule has 4 aromatic rings. The van der Waals surface area contributed by atoms with E-state index in [0.717, 1.165) is 33.2 Å². The van der Waals surface area contributed by atoms with Gasteiger partial charge in [0.1, 0.15) is 12.2 Å². The third-order valence-electron chi connectivity index (χ3n) is 7.17. The van der Waals surface area contributed by atoms with E-state index in [4.69, 9.17) is 14.2 Å². The molecule has 206 valence electrons. The second-order valence-electron chi connectivity index (χ2n) is 11.1. The van der Waals surface area contributed by atoms with E-state index >= 15 is 0 Å². The summed E-state index contributed by atoms with van der Waals surface area (Å²) in [5.74, 6) is -1.84. The first-order valence-electron chi connectivity index (χ1n) is 13.4. The molecule has 7 nitrogen and oxygen atoms in total. The summed E-state index contributed by atoms with van der Waals surface area (Å²) in [4.78, 5) is 38.7. The molecule has 0 amide bonds. The van der Waals surface area contributed by atoms with Crippen LogP contribution in [0.2, 0.25) is 0 Å². The van der Waals surface area contributed by atoms with Crippen molar-refractivity contribution in [1.29, 1.82) is 0 Å². The fourth-order valence-electron chi connectivity index (χ4n) is 5.42. The summed E-state index contributed by atoms with van der Waals surface area (Å²) in [6.45, 7) is 5.59. The van der Waals surface area contributed by atoms with E-state index in [1.165, 1.54) is 11.7 Å². The number of benzene rings is 3. The number of para-hydroxylation sites is 1. The Labute approximate surface area is 233 Å². The van der Waals surface area contributed by atoms with E-state index in [0.29, 0.717) is 5.52 Å². The molecule has 1 aliphatic rings. The number of methoxy groups -OCH3 is 1. The second-order valence-corrected chi connectivity index (χ2v) is 11.1. The monoisotopic (exact) mass is 539 g/mol. The Morgan fingerprint density at radius 3 is 2.10 bits per heavy atom. The molecule has 1 heterocycles. The smallest absolute Gasteiger partial charge is 0.419 e. The molecule has 40 heavy (non-hydrogen) atoms. The lowest BCUT2D eigenvalue weighted by Gasteiger charge is -2.19. The van der Waals surface area contributed by atoms with Gasteiger partial charge in [0.2, 0.25) is 0 Å². The number of esters is 2. The number of ether oxygens (including phenoxy) is 3. The van der Waals surface area contributed by atoms with Gasteiger partial charge in [0.05, 0.1) is 25.0 Å². The molecule has 0 saturated heterocycles. The van der Waals surface area contributed by atoms with Crippen LogP contribution in [0.4, 0.5) is 4.79 Å². The van der Waals surface area contributed by atoms with Gasteiger partial charge in [0.15, 0.2) is 0 Å². The van der Waals surface area contributed by atoms with Crippen LogP contribution in [0.3, 0.4) is 0 Å². The molecule has 0 radical (unpaired) electrons. The molecule has 7 heteroatoms. The highest BCUT2D eigenvalue weighted by molar-refractivity contribution is 5.92. The minimum Gasteiger partial charge on any atom is -0.469 e. The predicted octanol–water partition coefficient (Wildman–Crippen LogP) is 6.50. The van der Waals surface area contributed by atoms with Crippen molar-refractivity contribution in [3.63, 3.8) is 0 Å². The highest BCUT2D eigenvalue weighted by atomic mass is 16.6. The van der Waals surface area contributed by atoms with E-state index in [-0.39, 0.29) is 25.4 Å². The number of carbonyl (C=O) groups excluding carboxylic acids is 3. The maximum absolute atomic E-state index is 13.1. The highest BCUT2D eigenvalue weighted by Gasteiger charge is 2.31. The van der Waals surface area contributed by atoms with Gasteiger partial charge in [-0.25, -0.2) is 4.79 Å². The van der Waals surface area contributed by atoms with Gasteiger partial charge >= 0.3 is 18.0 Å². The maximum atomic E-state index is 13.1. The molecule has 1 aliphatic carbocycles. The van der Waals surface area contributed by atoms with Crippen molar-refractivity contribution in [2.45, 2.75) is 45.1 Å². The fraction of sp³-hybridized carbons (Fsp3) is 0.303. The molecule has 0 spiro atoms. The topological polar surface area (TPSA) is 83.8 Å². The van der Waals surface area contributed by atoms with Crippen LogP contribution in [0.25, 0.3) is 22.0 Å². The van der Waals surface area contributed by atoms with Gasteiger partial charge < -0.3 is 14.2 Å². The van der Waals surface area contributed by atoms with Gasteiger partial charge in [-0.05, 0) is 61.1 Å². The Kier molecular flexibility index (Phi) is 7.48. The number of nitrogens with zero attached hydrogens (tertiary/aromatic N) is 1. The average molecular weight is 540 g/mol. The Hall–Kier alpha value is -4.39. The van der Waals surface area contributed by atoms with Crippen molar-refractivity contribution in [2.24, 2.45) is 5.92 Å². The number of rotatable bonds is 7. The van der Waals surface area contributed by atoms with E-state index in [9.17, 15) is 14.4 Å². The summed E-state index contributed by atoms with van der Waals surface area (Å²) < 4.78 is 17.8. The lowest BCUT2D eigenvalue weighted by Crippen LogP contribution is -2.26. The van der Waals surface area contributed by atoms with Gasteiger partial charge in [0.25, 0.3) is 0 Å². The quantitative estimate of drug-likeness (QED) is 0.197. The molecule has 0 bridgehead atoms. The Morgan fingerprint density at radius 1 is 0.875 bits per heavy atom. The third kappa shape index (κ3) is 5.50. The number of aromatic nitrogens is 1. The minimum atomic E-state index is -0.779. The zero-order valence-electron chi connectivity index (χ0n) is 23.2. The Bertz CT molecular complexity index is 1530. The van der Waals surface area contributed by atoms with Crippen LogP contribution in [-0.2, 0) is 30.2 Å². The second kappa shape index (κ2) is 11.0. The molecule has 0 saturated carbocycles. The molecule has 1 atom stereocenters. The minimum absolute atomic E-state index is 0.0697. The standard InChI is InChI=1S/C33H33NO6/c1-33(2,3)40-32(37)34-19-22(23-11-9-10-16-29(23)34)17-21(31(36)38-4)18-30(35)39-20-28-26-14-7-5-12-24(26)25-13-6-8-15-27(25)28/h5-16,19,21,28H,17-18,20H2,1-4H3. The number of hydrogen-bond donors (Lipinski definition) is 0. The number of fused-ring (bicyclic) bond motifs is 4. The van der Waals surface area contributed by atoms with E-state index in [2.05, 4.69) is 24.3 Å². The highest BCUT2D eigenvalue weighted by Crippen LogP contribution is 2.44. The van der Waals surface area contributed by atoms with Crippen molar-refractivity contribution < 1.29 is 28.6 Å². The van der Waals surface area contributed by atoms with Gasteiger partial charge in [0, 0.05) is 17.5 Å². The molecule has 1 unspecified atom stereocenters. The van der Waals surface area contributed by atoms with Crippen LogP contribution in [0.5, 0.6) is 0 Å². The zero-order chi connectivity index (χ0) is 28.4. The van der Waals surface area contributed by atoms with Gasteiger partial charge in [-0.3, -0.25) is 14.2 Å². The van der Waals surface area contributed by atoms with Crippen LogP contribution < -0.4 is 0 Å². The van der Waals surface area contributed by atoms with Crippen molar-refractivity contribution in [1.82, 2.24) is 4.57 Å². The number of carbonyl (C=O) groups is 3. The van der Waals surface area contributed by atoms with Crippen LogP contribution in [0, 0.1) is 5.92 Å². The summed E-state index contributed by atoms with van der Waals surface area (Å²) >= 11 is 0. The normalized spacial score (nSPS) is 13.4. The van der Waals surface area contributed by atoms with Crippen LogP contribution >= 0.6 is 0 Å². The Morgan fingerprint density at radius 2 is 1.48 bits per heavy atom.